The van der Waals surface area contributed by atoms with E-state index in [0.29, 0.717) is 0 Å². The summed E-state index contributed by atoms with van der Waals surface area (Å²) in [5.41, 5.74) is 0. The normalized spacial score (nSPS) is 26.5. The molecule has 1 atom stereocenters. The van der Waals surface area contributed by atoms with E-state index >= 15 is 0 Å². The predicted molar refractivity (Wildman–Crippen MR) is 52.9 cm³/mol. The Balaban J connectivity index is 2.38. The van der Waals surface area contributed by atoms with Crippen LogP contribution in [0.25, 0.3) is 0 Å². The van der Waals surface area contributed by atoms with Crippen molar-refractivity contribution in [3.63, 3.8) is 0 Å². The van der Waals surface area contributed by atoms with Gasteiger partial charge in [-0.1, -0.05) is 13.8 Å². The zero-order valence-electron chi connectivity index (χ0n) is 8.42. The first-order chi connectivity index (χ1) is 5.77. The number of hydrogen-bond acceptors (Lipinski definition) is 2. The van der Waals surface area contributed by atoms with E-state index in [1.807, 2.05) is 0 Å². The molecule has 1 rings (SSSR count). The fourth-order valence-electron chi connectivity index (χ4n) is 2.07. The van der Waals surface area contributed by atoms with E-state index in [2.05, 4.69) is 30.7 Å². The van der Waals surface area contributed by atoms with E-state index in [1.54, 1.807) is 0 Å². The first-order valence-electron chi connectivity index (χ1n) is 5.07. The molecule has 0 aromatic carbocycles. The Labute approximate surface area is 76.5 Å². The summed E-state index contributed by atoms with van der Waals surface area (Å²) >= 11 is 0. The van der Waals surface area contributed by atoms with Crippen molar-refractivity contribution in [2.45, 2.75) is 32.7 Å². The highest BCUT2D eigenvalue weighted by Gasteiger charge is 2.20. The maximum atomic E-state index is 4.01. The van der Waals surface area contributed by atoms with Gasteiger partial charge in [0.15, 0.2) is 0 Å². The van der Waals surface area contributed by atoms with Gasteiger partial charge in [0.05, 0.1) is 0 Å². The van der Waals surface area contributed by atoms with E-state index in [4.69, 9.17) is 0 Å². The van der Waals surface area contributed by atoms with Gasteiger partial charge >= 0.3 is 0 Å². The van der Waals surface area contributed by atoms with Gasteiger partial charge in [-0.2, -0.15) is 0 Å². The van der Waals surface area contributed by atoms with Gasteiger partial charge in [-0.05, 0) is 32.5 Å². The second-order valence-electron chi connectivity index (χ2n) is 3.59. The van der Waals surface area contributed by atoms with Crippen molar-refractivity contribution >= 4 is 0 Å². The summed E-state index contributed by atoms with van der Waals surface area (Å²) in [5, 5.41) is 0. The average molecular weight is 169 g/mol. The van der Waals surface area contributed by atoms with Crippen molar-refractivity contribution < 1.29 is 0 Å². The Morgan fingerprint density at radius 2 is 2.08 bits per heavy atom. The summed E-state index contributed by atoms with van der Waals surface area (Å²) in [6.07, 6.45) is 2.67. The van der Waals surface area contributed by atoms with Gasteiger partial charge in [0, 0.05) is 19.6 Å². The number of hydrogen-bond donors (Lipinski definition) is 0. The third-order valence-corrected chi connectivity index (χ3v) is 2.81. The maximum Gasteiger partial charge on any atom is 0.0223 e. The molecule has 0 spiro atoms. The monoisotopic (exact) mass is 169 g/mol. The molecule has 0 aromatic heterocycles. The summed E-state index contributed by atoms with van der Waals surface area (Å²) in [6.45, 7) is 9.17. The van der Waals surface area contributed by atoms with Crippen LogP contribution in [-0.4, -0.2) is 42.0 Å². The highest BCUT2D eigenvalue weighted by molar-refractivity contribution is 4.79. The van der Waals surface area contributed by atoms with Gasteiger partial charge < -0.3 is 4.90 Å². The fraction of sp³-hybridized carbons (Fsp3) is 0.900. The maximum absolute atomic E-state index is 4.01. The third-order valence-electron chi connectivity index (χ3n) is 2.81. The molecule has 0 N–H and O–H groups in total. The lowest BCUT2D eigenvalue weighted by Crippen LogP contribution is -2.45. The topological polar surface area (TPSA) is 6.48 Å². The lowest BCUT2D eigenvalue weighted by Gasteiger charge is -2.36. The van der Waals surface area contributed by atoms with Crippen molar-refractivity contribution in [2.24, 2.45) is 0 Å². The SMILES string of the molecule is [CH2]N1CCCC(N(CC)CC)C1. The Morgan fingerprint density at radius 1 is 1.42 bits per heavy atom. The molecular formula is C10H21N2. The largest absolute Gasteiger partial charge is 0.301 e. The number of likely N-dealkylation sites (N-methyl/N-ethyl adjacent to an activating group) is 1. The lowest BCUT2D eigenvalue weighted by molar-refractivity contribution is 0.131. The van der Waals surface area contributed by atoms with Crippen LogP contribution in [0.3, 0.4) is 0 Å². The first-order valence-corrected chi connectivity index (χ1v) is 5.07. The Hall–Kier alpha value is -0.0800. The molecule has 1 aliphatic rings. The molecule has 12 heavy (non-hydrogen) atoms. The van der Waals surface area contributed by atoms with Crippen LogP contribution in [0.5, 0.6) is 0 Å². The minimum Gasteiger partial charge on any atom is -0.301 e. The van der Waals surface area contributed by atoms with Crippen LogP contribution >= 0.6 is 0 Å². The third kappa shape index (κ3) is 2.46. The van der Waals surface area contributed by atoms with Gasteiger partial charge in [-0.25, -0.2) is 0 Å². The highest BCUT2D eigenvalue weighted by Crippen LogP contribution is 2.14. The molecule has 0 aliphatic carbocycles. The lowest BCUT2D eigenvalue weighted by atomic mass is 10.0. The first kappa shape index (κ1) is 10.0. The fourth-order valence-corrected chi connectivity index (χ4v) is 2.07. The zero-order chi connectivity index (χ0) is 8.97. The van der Waals surface area contributed by atoms with Gasteiger partial charge in [0.2, 0.25) is 0 Å². The quantitative estimate of drug-likeness (QED) is 0.633. The second kappa shape index (κ2) is 4.83. The molecular weight excluding hydrogens is 148 g/mol. The molecule has 1 heterocycles. The number of piperidine rings is 1. The van der Waals surface area contributed by atoms with Crippen LogP contribution in [0.1, 0.15) is 26.7 Å². The van der Waals surface area contributed by atoms with Crippen molar-refractivity contribution in [1.29, 1.82) is 0 Å². The molecule has 1 radical (unpaired) electrons. The molecule has 1 unspecified atom stereocenters. The van der Waals surface area contributed by atoms with Crippen molar-refractivity contribution in [1.82, 2.24) is 9.80 Å². The smallest absolute Gasteiger partial charge is 0.0223 e. The number of rotatable bonds is 3. The minimum absolute atomic E-state index is 0.756. The van der Waals surface area contributed by atoms with Gasteiger partial charge in [0.25, 0.3) is 0 Å². The van der Waals surface area contributed by atoms with Crippen LogP contribution in [0.15, 0.2) is 0 Å². The molecule has 71 valence electrons. The molecule has 2 nitrogen and oxygen atoms in total. The van der Waals surface area contributed by atoms with Crippen molar-refractivity contribution in [2.75, 3.05) is 26.2 Å². The Bertz CT molecular complexity index is 121. The van der Waals surface area contributed by atoms with Crippen LogP contribution in [0, 0.1) is 7.05 Å². The molecule has 0 saturated carbocycles. The van der Waals surface area contributed by atoms with Crippen LogP contribution in [0.4, 0.5) is 0 Å². The van der Waals surface area contributed by atoms with Crippen LogP contribution in [0.2, 0.25) is 0 Å². The van der Waals surface area contributed by atoms with Gasteiger partial charge in [-0.15, -0.1) is 0 Å². The van der Waals surface area contributed by atoms with Crippen LogP contribution < -0.4 is 0 Å². The molecule has 0 bridgehead atoms. The van der Waals surface area contributed by atoms with E-state index in [-0.39, 0.29) is 0 Å². The Morgan fingerprint density at radius 3 is 2.58 bits per heavy atom. The van der Waals surface area contributed by atoms with Crippen molar-refractivity contribution in [3.8, 4) is 0 Å². The molecule has 1 saturated heterocycles. The van der Waals surface area contributed by atoms with E-state index < -0.39 is 0 Å². The summed E-state index contributed by atoms with van der Waals surface area (Å²) < 4.78 is 0. The predicted octanol–water partition coefficient (Wildman–Crippen LogP) is 1.58. The van der Waals surface area contributed by atoms with Crippen LogP contribution in [-0.2, 0) is 0 Å². The summed E-state index contributed by atoms with van der Waals surface area (Å²) in [4.78, 5) is 4.74. The number of nitrogens with zero attached hydrogens (tertiary/aromatic N) is 2. The van der Waals surface area contributed by atoms with E-state index in [1.165, 1.54) is 32.5 Å². The molecule has 1 aliphatic heterocycles. The molecule has 0 aromatic rings. The molecule has 2 heteroatoms. The zero-order valence-corrected chi connectivity index (χ0v) is 8.42. The highest BCUT2D eigenvalue weighted by atomic mass is 15.2. The standard InChI is InChI=1S/C10H21N2/c1-4-12(5-2)10-7-6-8-11(3)9-10/h10H,3-9H2,1-2H3. The van der Waals surface area contributed by atoms with Gasteiger partial charge in [-0.3, -0.25) is 4.90 Å². The minimum atomic E-state index is 0.756. The van der Waals surface area contributed by atoms with E-state index in [9.17, 15) is 0 Å². The summed E-state index contributed by atoms with van der Waals surface area (Å²) in [6, 6.07) is 0.756. The summed E-state index contributed by atoms with van der Waals surface area (Å²) in [5.74, 6) is 0. The second-order valence-corrected chi connectivity index (χ2v) is 3.59. The van der Waals surface area contributed by atoms with Crippen molar-refractivity contribution in [3.05, 3.63) is 7.05 Å². The molecule has 1 fully saturated rings. The Kier molecular flexibility index (Phi) is 4.02. The summed E-state index contributed by atoms with van der Waals surface area (Å²) in [7, 11) is 4.01. The average Bonchev–Trinajstić information content (AvgIpc) is 2.07. The molecule has 0 amide bonds. The van der Waals surface area contributed by atoms with Gasteiger partial charge in [0.1, 0.15) is 0 Å². The number of likely N-dealkylation sites (tertiary alicyclic amines) is 1. The van der Waals surface area contributed by atoms with E-state index in [0.717, 1.165) is 12.6 Å².